The molecule has 1 aliphatic rings. The molecule has 2 aromatic carbocycles. The lowest BCUT2D eigenvalue weighted by atomic mass is 9.93. The third kappa shape index (κ3) is 2.31. The van der Waals surface area contributed by atoms with E-state index in [0.29, 0.717) is 11.4 Å². The smallest absolute Gasteiger partial charge is 0.127 e. The van der Waals surface area contributed by atoms with Gasteiger partial charge in [0, 0.05) is 23.6 Å². The SMILES string of the molecule is NC1CC(c2ccc(F)cc2Cl)Oc2ccccc21. The minimum Gasteiger partial charge on any atom is -0.485 e. The van der Waals surface area contributed by atoms with E-state index in [1.807, 2.05) is 24.3 Å². The summed E-state index contributed by atoms with van der Waals surface area (Å²) in [5, 5.41) is 0.372. The van der Waals surface area contributed by atoms with Gasteiger partial charge in [0.2, 0.25) is 0 Å². The molecule has 2 N–H and O–H groups in total. The fourth-order valence-electron chi connectivity index (χ4n) is 2.41. The molecule has 0 bridgehead atoms. The lowest BCUT2D eigenvalue weighted by Gasteiger charge is -2.30. The van der Waals surface area contributed by atoms with Gasteiger partial charge in [-0.2, -0.15) is 0 Å². The van der Waals surface area contributed by atoms with Crippen molar-refractivity contribution in [1.29, 1.82) is 0 Å². The molecule has 0 saturated heterocycles. The molecular formula is C15H13ClFNO. The van der Waals surface area contributed by atoms with Crippen molar-refractivity contribution in [1.82, 2.24) is 0 Å². The van der Waals surface area contributed by atoms with Crippen LogP contribution in [0.3, 0.4) is 0 Å². The molecule has 3 rings (SSSR count). The van der Waals surface area contributed by atoms with Gasteiger partial charge in [-0.1, -0.05) is 35.9 Å². The molecule has 1 aliphatic heterocycles. The molecule has 0 radical (unpaired) electrons. The zero-order chi connectivity index (χ0) is 13.4. The Balaban J connectivity index is 1.97. The van der Waals surface area contributed by atoms with Crippen molar-refractivity contribution < 1.29 is 9.13 Å². The Hall–Kier alpha value is -1.58. The van der Waals surface area contributed by atoms with Gasteiger partial charge in [0.15, 0.2) is 0 Å². The summed E-state index contributed by atoms with van der Waals surface area (Å²) >= 11 is 6.08. The van der Waals surface area contributed by atoms with Crippen LogP contribution in [0.5, 0.6) is 5.75 Å². The molecule has 0 aliphatic carbocycles. The van der Waals surface area contributed by atoms with E-state index in [4.69, 9.17) is 22.1 Å². The quantitative estimate of drug-likeness (QED) is 0.855. The van der Waals surface area contributed by atoms with E-state index in [1.165, 1.54) is 12.1 Å². The third-order valence-corrected chi connectivity index (χ3v) is 3.69. The fraction of sp³-hybridized carbons (Fsp3) is 0.200. The van der Waals surface area contributed by atoms with E-state index in [2.05, 4.69) is 0 Å². The first kappa shape index (κ1) is 12.5. The van der Waals surface area contributed by atoms with Gasteiger partial charge < -0.3 is 10.5 Å². The maximum atomic E-state index is 13.1. The van der Waals surface area contributed by atoms with Crippen molar-refractivity contribution in [2.24, 2.45) is 5.73 Å². The largest absolute Gasteiger partial charge is 0.485 e. The van der Waals surface area contributed by atoms with Crippen LogP contribution in [0.25, 0.3) is 0 Å². The number of rotatable bonds is 1. The third-order valence-electron chi connectivity index (χ3n) is 3.37. The number of ether oxygens (including phenoxy) is 1. The summed E-state index contributed by atoms with van der Waals surface area (Å²) in [5.74, 6) is 0.417. The van der Waals surface area contributed by atoms with Crippen LogP contribution in [0.4, 0.5) is 4.39 Å². The van der Waals surface area contributed by atoms with Gasteiger partial charge in [0.25, 0.3) is 0 Å². The minimum absolute atomic E-state index is 0.101. The van der Waals surface area contributed by atoms with E-state index in [-0.39, 0.29) is 18.0 Å². The summed E-state index contributed by atoms with van der Waals surface area (Å²) in [6.45, 7) is 0. The number of hydrogen-bond acceptors (Lipinski definition) is 2. The second-order valence-electron chi connectivity index (χ2n) is 4.65. The highest BCUT2D eigenvalue weighted by molar-refractivity contribution is 6.31. The zero-order valence-corrected chi connectivity index (χ0v) is 10.9. The van der Waals surface area contributed by atoms with Gasteiger partial charge in [-0.3, -0.25) is 0 Å². The molecule has 2 aromatic rings. The van der Waals surface area contributed by atoms with Crippen LogP contribution in [-0.4, -0.2) is 0 Å². The molecule has 4 heteroatoms. The zero-order valence-electron chi connectivity index (χ0n) is 10.1. The number of nitrogens with two attached hydrogens (primary N) is 1. The van der Waals surface area contributed by atoms with Crippen molar-refractivity contribution in [3.05, 3.63) is 64.4 Å². The minimum atomic E-state index is -0.353. The highest BCUT2D eigenvalue weighted by Crippen LogP contribution is 2.41. The van der Waals surface area contributed by atoms with Crippen molar-refractivity contribution in [2.45, 2.75) is 18.6 Å². The maximum absolute atomic E-state index is 13.1. The molecule has 98 valence electrons. The van der Waals surface area contributed by atoms with Crippen molar-refractivity contribution in [2.75, 3.05) is 0 Å². The Morgan fingerprint density at radius 3 is 2.74 bits per heavy atom. The van der Waals surface area contributed by atoms with E-state index in [1.54, 1.807) is 6.07 Å². The maximum Gasteiger partial charge on any atom is 0.127 e. The number of halogens is 2. The Labute approximate surface area is 115 Å². The van der Waals surface area contributed by atoms with E-state index < -0.39 is 0 Å². The Kier molecular flexibility index (Phi) is 3.17. The van der Waals surface area contributed by atoms with Gasteiger partial charge in [-0.15, -0.1) is 0 Å². The highest BCUT2D eigenvalue weighted by atomic mass is 35.5. The molecule has 0 saturated carbocycles. The number of fused-ring (bicyclic) bond motifs is 1. The number of benzene rings is 2. The second-order valence-corrected chi connectivity index (χ2v) is 5.06. The molecule has 1 heterocycles. The summed E-state index contributed by atoms with van der Waals surface area (Å²) in [7, 11) is 0. The Morgan fingerprint density at radius 2 is 1.95 bits per heavy atom. The lowest BCUT2D eigenvalue weighted by molar-refractivity contribution is 0.161. The van der Waals surface area contributed by atoms with Crippen molar-refractivity contribution in [3.63, 3.8) is 0 Å². The predicted molar refractivity (Wildman–Crippen MR) is 72.8 cm³/mol. The van der Waals surface area contributed by atoms with Crippen molar-refractivity contribution in [3.8, 4) is 5.75 Å². The Bertz CT molecular complexity index is 617. The van der Waals surface area contributed by atoms with E-state index in [0.717, 1.165) is 16.9 Å². The highest BCUT2D eigenvalue weighted by Gasteiger charge is 2.28. The van der Waals surface area contributed by atoms with Crippen molar-refractivity contribution >= 4 is 11.6 Å². The number of hydrogen-bond donors (Lipinski definition) is 1. The van der Waals surface area contributed by atoms with E-state index in [9.17, 15) is 4.39 Å². The molecule has 2 unspecified atom stereocenters. The van der Waals surface area contributed by atoms with Crippen LogP contribution in [0, 0.1) is 5.82 Å². The molecule has 0 spiro atoms. The van der Waals surface area contributed by atoms with Gasteiger partial charge in [-0.05, 0) is 18.2 Å². The van der Waals surface area contributed by atoms with Gasteiger partial charge in [0.1, 0.15) is 17.7 Å². The summed E-state index contributed by atoms with van der Waals surface area (Å²) in [5.41, 5.74) is 7.93. The molecule has 19 heavy (non-hydrogen) atoms. The molecule has 2 atom stereocenters. The van der Waals surface area contributed by atoms with Gasteiger partial charge in [0.05, 0.1) is 5.02 Å². The summed E-state index contributed by atoms with van der Waals surface area (Å²) in [4.78, 5) is 0. The normalized spacial score (nSPS) is 21.6. The molecule has 2 nitrogen and oxygen atoms in total. The average molecular weight is 278 g/mol. The molecule has 0 aromatic heterocycles. The van der Waals surface area contributed by atoms with Crippen LogP contribution >= 0.6 is 11.6 Å². The molecule has 0 amide bonds. The van der Waals surface area contributed by atoms with Crippen LogP contribution in [-0.2, 0) is 0 Å². The lowest BCUT2D eigenvalue weighted by Crippen LogP contribution is -2.24. The second kappa shape index (κ2) is 4.83. The summed E-state index contributed by atoms with van der Waals surface area (Å²) in [6.07, 6.45) is 0.389. The summed E-state index contributed by atoms with van der Waals surface area (Å²) < 4.78 is 19.0. The monoisotopic (exact) mass is 277 g/mol. The molecule has 0 fully saturated rings. The van der Waals surface area contributed by atoms with Crippen LogP contribution in [0.1, 0.15) is 29.7 Å². The first-order valence-electron chi connectivity index (χ1n) is 6.11. The number of para-hydroxylation sites is 1. The van der Waals surface area contributed by atoms with Crippen LogP contribution in [0.2, 0.25) is 5.02 Å². The topological polar surface area (TPSA) is 35.2 Å². The summed E-state index contributed by atoms with van der Waals surface area (Å²) in [6, 6.07) is 11.9. The van der Waals surface area contributed by atoms with Crippen LogP contribution in [0.15, 0.2) is 42.5 Å². The standard InChI is InChI=1S/C15H13ClFNO/c16-12-7-9(17)5-6-10(12)15-8-13(18)11-3-1-2-4-14(11)19-15/h1-7,13,15H,8,18H2. The predicted octanol–water partition coefficient (Wildman–Crippen LogP) is 4.00. The Morgan fingerprint density at radius 1 is 1.16 bits per heavy atom. The average Bonchev–Trinajstić information content (AvgIpc) is 2.38. The molecular weight excluding hydrogens is 265 g/mol. The fourth-order valence-corrected chi connectivity index (χ4v) is 2.70. The van der Waals surface area contributed by atoms with Gasteiger partial charge >= 0.3 is 0 Å². The first-order valence-corrected chi connectivity index (χ1v) is 6.49. The van der Waals surface area contributed by atoms with Crippen LogP contribution < -0.4 is 10.5 Å². The van der Waals surface area contributed by atoms with Gasteiger partial charge in [-0.25, -0.2) is 4.39 Å². The first-order chi connectivity index (χ1) is 9.15. The van der Waals surface area contributed by atoms with E-state index >= 15 is 0 Å².